The van der Waals surface area contributed by atoms with Gasteiger partial charge in [0.25, 0.3) is 0 Å². The Balaban J connectivity index is 2.97. The zero-order valence-electron chi connectivity index (χ0n) is 6.76. The van der Waals surface area contributed by atoms with Crippen molar-refractivity contribution in [2.24, 2.45) is 0 Å². The highest BCUT2D eigenvalue weighted by Gasteiger charge is 1.94. The standard InChI is InChI=1S/C10H9ClO/c1-8-7-9(3-2-6-11)4-5-10(8)12/h4-5,7,12H,6H2,1H3. The summed E-state index contributed by atoms with van der Waals surface area (Å²) in [7, 11) is 0. The Kier molecular flexibility index (Phi) is 3.01. The summed E-state index contributed by atoms with van der Waals surface area (Å²) in [6.45, 7) is 1.83. The minimum Gasteiger partial charge on any atom is -0.508 e. The second-order valence-electron chi connectivity index (χ2n) is 2.44. The molecule has 2 heteroatoms. The fourth-order valence-electron chi connectivity index (χ4n) is 0.869. The number of benzene rings is 1. The molecular formula is C10H9ClO. The largest absolute Gasteiger partial charge is 0.508 e. The predicted molar refractivity (Wildman–Crippen MR) is 50.4 cm³/mol. The van der Waals surface area contributed by atoms with E-state index in [4.69, 9.17) is 11.6 Å². The van der Waals surface area contributed by atoms with E-state index in [1.54, 1.807) is 12.1 Å². The average molecular weight is 181 g/mol. The third-order valence-corrected chi connectivity index (χ3v) is 1.63. The van der Waals surface area contributed by atoms with Gasteiger partial charge in [-0.1, -0.05) is 11.8 Å². The van der Waals surface area contributed by atoms with Crippen LogP contribution in [0.15, 0.2) is 18.2 Å². The fraction of sp³-hybridized carbons (Fsp3) is 0.200. The molecule has 0 amide bonds. The highest BCUT2D eigenvalue weighted by molar-refractivity contribution is 6.19. The number of aromatic hydroxyl groups is 1. The van der Waals surface area contributed by atoms with Gasteiger partial charge in [-0.3, -0.25) is 0 Å². The zero-order chi connectivity index (χ0) is 8.97. The van der Waals surface area contributed by atoms with Crippen molar-refractivity contribution >= 4 is 11.6 Å². The molecule has 0 aliphatic heterocycles. The highest BCUT2D eigenvalue weighted by atomic mass is 35.5. The molecule has 0 bridgehead atoms. The molecule has 0 aromatic heterocycles. The molecule has 62 valence electrons. The maximum atomic E-state index is 9.19. The predicted octanol–water partition coefficient (Wildman–Crippen LogP) is 2.29. The summed E-state index contributed by atoms with van der Waals surface area (Å²) < 4.78 is 0. The van der Waals surface area contributed by atoms with Crippen molar-refractivity contribution in [3.05, 3.63) is 29.3 Å². The first-order valence-corrected chi connectivity index (χ1v) is 4.12. The summed E-state index contributed by atoms with van der Waals surface area (Å²) in [5, 5.41) is 9.19. The molecule has 0 spiro atoms. The topological polar surface area (TPSA) is 20.2 Å². The minimum absolute atomic E-state index is 0.298. The molecule has 1 rings (SSSR count). The number of phenolic OH excluding ortho intramolecular Hbond substituents is 1. The molecular weight excluding hydrogens is 172 g/mol. The van der Waals surface area contributed by atoms with E-state index >= 15 is 0 Å². The van der Waals surface area contributed by atoms with Crippen LogP contribution in [0.4, 0.5) is 0 Å². The van der Waals surface area contributed by atoms with Crippen molar-refractivity contribution in [2.45, 2.75) is 6.92 Å². The summed E-state index contributed by atoms with van der Waals surface area (Å²) in [5.74, 6) is 6.25. The number of aryl methyl sites for hydroxylation is 1. The third-order valence-electron chi connectivity index (χ3n) is 1.50. The number of halogens is 1. The van der Waals surface area contributed by atoms with Crippen LogP contribution in [0.5, 0.6) is 5.75 Å². The van der Waals surface area contributed by atoms with Crippen molar-refractivity contribution in [3.8, 4) is 17.6 Å². The maximum Gasteiger partial charge on any atom is 0.118 e. The second kappa shape index (κ2) is 4.04. The molecule has 0 unspecified atom stereocenters. The Morgan fingerprint density at radius 2 is 2.25 bits per heavy atom. The molecule has 0 heterocycles. The number of alkyl halides is 1. The first-order chi connectivity index (χ1) is 5.74. The summed E-state index contributed by atoms with van der Waals surface area (Å²) >= 11 is 5.40. The van der Waals surface area contributed by atoms with E-state index in [9.17, 15) is 5.11 Å². The molecule has 0 fully saturated rings. The molecule has 12 heavy (non-hydrogen) atoms. The molecule has 0 saturated carbocycles. The van der Waals surface area contributed by atoms with E-state index in [0.29, 0.717) is 11.6 Å². The third kappa shape index (κ3) is 2.18. The number of hydrogen-bond acceptors (Lipinski definition) is 1. The van der Waals surface area contributed by atoms with Gasteiger partial charge in [-0.2, -0.15) is 0 Å². The maximum absolute atomic E-state index is 9.19. The quantitative estimate of drug-likeness (QED) is 0.480. The van der Waals surface area contributed by atoms with E-state index in [0.717, 1.165) is 11.1 Å². The molecule has 1 N–H and O–H groups in total. The second-order valence-corrected chi connectivity index (χ2v) is 2.70. The van der Waals surface area contributed by atoms with Gasteiger partial charge in [0, 0.05) is 5.56 Å². The molecule has 0 saturated heterocycles. The van der Waals surface area contributed by atoms with Crippen molar-refractivity contribution in [2.75, 3.05) is 5.88 Å². The van der Waals surface area contributed by atoms with E-state index in [1.165, 1.54) is 0 Å². The van der Waals surface area contributed by atoms with Crippen LogP contribution in [0, 0.1) is 18.8 Å². The summed E-state index contributed by atoms with van der Waals surface area (Å²) in [5.41, 5.74) is 1.71. The smallest absolute Gasteiger partial charge is 0.118 e. The van der Waals surface area contributed by atoms with Gasteiger partial charge in [0.15, 0.2) is 0 Å². The summed E-state index contributed by atoms with van der Waals surface area (Å²) in [6.07, 6.45) is 0. The van der Waals surface area contributed by atoms with Crippen LogP contribution in [-0.4, -0.2) is 11.0 Å². The number of rotatable bonds is 0. The van der Waals surface area contributed by atoms with E-state index in [2.05, 4.69) is 11.8 Å². The van der Waals surface area contributed by atoms with Gasteiger partial charge in [0.2, 0.25) is 0 Å². The van der Waals surface area contributed by atoms with Gasteiger partial charge in [-0.05, 0) is 30.7 Å². The minimum atomic E-state index is 0.298. The molecule has 1 aromatic rings. The van der Waals surface area contributed by atoms with Gasteiger partial charge in [0.05, 0.1) is 5.88 Å². The Labute approximate surface area is 77.0 Å². The fourth-order valence-corrected chi connectivity index (χ4v) is 0.936. The van der Waals surface area contributed by atoms with Crippen molar-refractivity contribution in [1.29, 1.82) is 0 Å². The highest BCUT2D eigenvalue weighted by Crippen LogP contribution is 2.15. The van der Waals surface area contributed by atoms with Crippen molar-refractivity contribution in [3.63, 3.8) is 0 Å². The average Bonchev–Trinajstić information content (AvgIpc) is 2.07. The number of phenols is 1. The van der Waals surface area contributed by atoms with E-state index in [1.807, 2.05) is 13.0 Å². The summed E-state index contributed by atoms with van der Waals surface area (Å²) in [6, 6.07) is 5.23. The molecule has 1 nitrogen and oxygen atoms in total. The van der Waals surface area contributed by atoms with Gasteiger partial charge >= 0.3 is 0 Å². The molecule has 0 atom stereocenters. The molecule has 1 aromatic carbocycles. The monoisotopic (exact) mass is 180 g/mol. The van der Waals surface area contributed by atoms with Gasteiger partial charge in [-0.25, -0.2) is 0 Å². The lowest BCUT2D eigenvalue weighted by Crippen LogP contribution is -1.78. The van der Waals surface area contributed by atoms with E-state index < -0.39 is 0 Å². The van der Waals surface area contributed by atoms with Crippen LogP contribution >= 0.6 is 11.6 Å². The normalized spacial score (nSPS) is 8.83. The van der Waals surface area contributed by atoms with Crippen molar-refractivity contribution < 1.29 is 5.11 Å². The summed E-state index contributed by atoms with van der Waals surface area (Å²) in [4.78, 5) is 0. The van der Waals surface area contributed by atoms with Crippen LogP contribution in [0.2, 0.25) is 0 Å². The molecule has 0 aliphatic rings. The molecule has 0 radical (unpaired) electrons. The van der Waals surface area contributed by atoms with Gasteiger partial charge in [-0.15, -0.1) is 11.6 Å². The first-order valence-electron chi connectivity index (χ1n) is 3.58. The molecule has 0 aliphatic carbocycles. The van der Waals surface area contributed by atoms with Crippen LogP contribution < -0.4 is 0 Å². The van der Waals surface area contributed by atoms with Crippen molar-refractivity contribution in [1.82, 2.24) is 0 Å². The lowest BCUT2D eigenvalue weighted by atomic mass is 10.1. The Bertz CT molecular complexity index is 333. The van der Waals surface area contributed by atoms with Gasteiger partial charge < -0.3 is 5.11 Å². The lowest BCUT2D eigenvalue weighted by molar-refractivity contribution is 0.471. The van der Waals surface area contributed by atoms with Gasteiger partial charge in [0.1, 0.15) is 5.75 Å². The zero-order valence-corrected chi connectivity index (χ0v) is 7.52. The van der Waals surface area contributed by atoms with Crippen LogP contribution in [0.1, 0.15) is 11.1 Å². The van der Waals surface area contributed by atoms with Crippen LogP contribution in [0.3, 0.4) is 0 Å². The van der Waals surface area contributed by atoms with Crippen LogP contribution in [-0.2, 0) is 0 Å². The Morgan fingerprint density at radius 1 is 1.50 bits per heavy atom. The van der Waals surface area contributed by atoms with Crippen LogP contribution in [0.25, 0.3) is 0 Å². The SMILES string of the molecule is Cc1cc(C#CCCl)ccc1O. The first kappa shape index (κ1) is 8.96. The number of hydrogen-bond donors (Lipinski definition) is 1. The Morgan fingerprint density at radius 3 is 2.83 bits per heavy atom. The Hall–Kier alpha value is -1.13. The van der Waals surface area contributed by atoms with E-state index in [-0.39, 0.29) is 0 Å². The lowest BCUT2D eigenvalue weighted by Gasteiger charge is -1.97.